The van der Waals surface area contributed by atoms with E-state index in [1.807, 2.05) is 26.8 Å². The van der Waals surface area contributed by atoms with Gasteiger partial charge in [-0.15, -0.1) is 0 Å². The van der Waals surface area contributed by atoms with Crippen LogP contribution in [-0.2, 0) is 24.1 Å². The molecule has 6 heteroatoms. The van der Waals surface area contributed by atoms with Crippen LogP contribution >= 0.6 is 0 Å². The minimum absolute atomic E-state index is 0.0507. The van der Waals surface area contributed by atoms with Crippen molar-refractivity contribution < 1.29 is 14.7 Å². The quantitative estimate of drug-likeness (QED) is 0.686. The number of quaternary nitrogens is 1. The van der Waals surface area contributed by atoms with Gasteiger partial charge < -0.3 is 19.7 Å². The lowest BCUT2D eigenvalue weighted by Crippen LogP contribution is -3.13. The summed E-state index contributed by atoms with van der Waals surface area (Å²) in [6.07, 6.45) is 0.842. The van der Waals surface area contributed by atoms with Crippen LogP contribution in [0.15, 0.2) is 29.1 Å². The maximum absolute atomic E-state index is 12.6. The molecule has 0 spiro atoms. The molecule has 3 rings (SSSR count). The van der Waals surface area contributed by atoms with Gasteiger partial charge in [0.25, 0.3) is 5.56 Å². The molecule has 152 valence electrons. The van der Waals surface area contributed by atoms with Gasteiger partial charge in [-0.1, -0.05) is 29.8 Å². The summed E-state index contributed by atoms with van der Waals surface area (Å²) in [6.45, 7) is 10.3. The SMILES string of the molecule is Cc1cccc(Cc2nc3c(c(=O)[nH]2)C[NH+](C[C@@H](O)COC(C)(C)C)CC3)c1. The average molecular weight is 387 g/mol. The van der Waals surface area contributed by atoms with E-state index in [0.717, 1.165) is 35.6 Å². The van der Waals surface area contributed by atoms with Gasteiger partial charge in [-0.25, -0.2) is 4.98 Å². The van der Waals surface area contributed by atoms with Crippen LogP contribution < -0.4 is 10.5 Å². The van der Waals surface area contributed by atoms with Crippen molar-refractivity contribution >= 4 is 0 Å². The first-order valence-corrected chi connectivity index (χ1v) is 10.0. The molecule has 2 atom stereocenters. The van der Waals surface area contributed by atoms with Gasteiger partial charge >= 0.3 is 0 Å². The minimum atomic E-state index is -0.539. The Hall–Kier alpha value is -2.02. The van der Waals surface area contributed by atoms with E-state index in [-0.39, 0.29) is 11.2 Å². The highest BCUT2D eigenvalue weighted by Gasteiger charge is 2.26. The molecule has 0 aliphatic carbocycles. The molecule has 0 radical (unpaired) electrons. The number of benzene rings is 1. The molecule has 28 heavy (non-hydrogen) atoms. The Morgan fingerprint density at radius 3 is 2.86 bits per heavy atom. The van der Waals surface area contributed by atoms with Crippen molar-refractivity contribution in [2.75, 3.05) is 19.7 Å². The lowest BCUT2D eigenvalue weighted by atomic mass is 10.1. The smallest absolute Gasteiger partial charge is 0.260 e. The Morgan fingerprint density at radius 1 is 1.36 bits per heavy atom. The number of aliphatic hydroxyl groups excluding tert-OH is 1. The van der Waals surface area contributed by atoms with Crippen molar-refractivity contribution in [3.63, 3.8) is 0 Å². The number of ether oxygens (including phenoxy) is 1. The minimum Gasteiger partial charge on any atom is -0.385 e. The molecule has 0 saturated heterocycles. The Labute approximate surface area is 166 Å². The monoisotopic (exact) mass is 386 g/mol. The zero-order valence-electron chi connectivity index (χ0n) is 17.3. The normalized spacial score (nSPS) is 18.0. The third-order valence-corrected chi connectivity index (χ3v) is 4.98. The maximum Gasteiger partial charge on any atom is 0.260 e. The van der Waals surface area contributed by atoms with Gasteiger partial charge in [0.15, 0.2) is 0 Å². The van der Waals surface area contributed by atoms with Crippen molar-refractivity contribution in [3.8, 4) is 0 Å². The summed E-state index contributed by atoms with van der Waals surface area (Å²) in [5.74, 6) is 0.719. The summed E-state index contributed by atoms with van der Waals surface area (Å²) < 4.78 is 5.66. The summed E-state index contributed by atoms with van der Waals surface area (Å²) in [5, 5.41) is 10.3. The van der Waals surface area contributed by atoms with Crippen molar-refractivity contribution in [2.45, 2.75) is 58.8 Å². The number of aliphatic hydroxyl groups is 1. The van der Waals surface area contributed by atoms with Crippen LogP contribution in [0.2, 0.25) is 0 Å². The molecule has 1 unspecified atom stereocenters. The van der Waals surface area contributed by atoms with Crippen molar-refractivity contribution in [1.82, 2.24) is 9.97 Å². The van der Waals surface area contributed by atoms with Crippen LogP contribution in [0.25, 0.3) is 0 Å². The Kier molecular flexibility index (Phi) is 6.33. The summed E-state index contributed by atoms with van der Waals surface area (Å²) in [7, 11) is 0. The Balaban J connectivity index is 1.65. The number of aromatic amines is 1. The van der Waals surface area contributed by atoms with Gasteiger partial charge in [0, 0.05) is 12.8 Å². The fraction of sp³-hybridized carbons (Fsp3) is 0.545. The number of hydrogen-bond acceptors (Lipinski definition) is 4. The summed E-state index contributed by atoms with van der Waals surface area (Å²) in [5.41, 5.74) is 3.68. The van der Waals surface area contributed by atoms with Crippen LogP contribution in [0.4, 0.5) is 0 Å². The van der Waals surface area contributed by atoms with Crippen LogP contribution in [-0.4, -0.2) is 46.5 Å². The van der Waals surface area contributed by atoms with Gasteiger partial charge in [-0.2, -0.15) is 0 Å². The van der Waals surface area contributed by atoms with Crippen LogP contribution in [0.5, 0.6) is 0 Å². The largest absolute Gasteiger partial charge is 0.385 e. The molecule has 0 bridgehead atoms. The van der Waals surface area contributed by atoms with E-state index in [1.165, 1.54) is 10.5 Å². The van der Waals surface area contributed by atoms with E-state index in [1.54, 1.807) is 0 Å². The molecule has 1 aliphatic heterocycles. The molecular formula is C22H32N3O3+. The number of aryl methyl sites for hydroxylation is 1. The first kappa shape index (κ1) is 20.7. The van der Waals surface area contributed by atoms with Gasteiger partial charge in [0.05, 0.1) is 30.0 Å². The van der Waals surface area contributed by atoms with E-state index < -0.39 is 6.10 Å². The van der Waals surface area contributed by atoms with Crippen LogP contribution in [0.3, 0.4) is 0 Å². The topological polar surface area (TPSA) is 79.7 Å². The molecule has 1 aromatic carbocycles. The number of rotatable bonds is 6. The molecule has 3 N–H and O–H groups in total. The summed E-state index contributed by atoms with van der Waals surface area (Å²) in [4.78, 5) is 21.5. The number of H-pyrrole nitrogens is 1. The molecule has 0 saturated carbocycles. The van der Waals surface area contributed by atoms with Crippen LogP contribution in [0.1, 0.15) is 49.0 Å². The summed E-state index contributed by atoms with van der Waals surface area (Å²) in [6, 6.07) is 8.26. The molecule has 1 aliphatic rings. The molecular weight excluding hydrogens is 354 g/mol. The standard InChI is InChI=1S/C22H31N3O3/c1-15-6-5-7-16(10-15)11-20-23-19-8-9-25(13-18(19)21(27)24-20)12-17(26)14-28-22(2,3)4/h5-7,10,17,26H,8-9,11-14H2,1-4H3,(H,23,24,27)/p+1/t17-/m1/s1. The van der Waals surface area contributed by atoms with Crippen molar-refractivity contribution in [2.24, 2.45) is 0 Å². The maximum atomic E-state index is 12.6. The Bertz CT molecular complexity index is 870. The number of fused-ring (bicyclic) bond motifs is 1. The fourth-order valence-electron chi connectivity index (χ4n) is 3.63. The number of aromatic nitrogens is 2. The molecule has 2 aromatic rings. The number of hydrogen-bond donors (Lipinski definition) is 3. The highest BCUT2D eigenvalue weighted by Crippen LogP contribution is 2.11. The van der Waals surface area contributed by atoms with Gasteiger partial charge in [0.2, 0.25) is 0 Å². The van der Waals surface area contributed by atoms with Crippen LogP contribution in [0, 0.1) is 6.92 Å². The van der Waals surface area contributed by atoms with Gasteiger partial charge in [-0.05, 0) is 33.3 Å². The molecule has 6 nitrogen and oxygen atoms in total. The second kappa shape index (κ2) is 8.55. The second-order valence-corrected chi connectivity index (χ2v) is 8.81. The van der Waals surface area contributed by atoms with Crippen molar-refractivity contribution in [1.29, 1.82) is 0 Å². The molecule has 2 heterocycles. The van der Waals surface area contributed by atoms with E-state index in [9.17, 15) is 9.90 Å². The predicted molar refractivity (Wildman–Crippen MR) is 109 cm³/mol. The lowest BCUT2D eigenvalue weighted by Gasteiger charge is -2.28. The molecule has 0 amide bonds. The first-order valence-electron chi connectivity index (χ1n) is 10.0. The second-order valence-electron chi connectivity index (χ2n) is 8.81. The Morgan fingerprint density at radius 2 is 2.14 bits per heavy atom. The highest BCUT2D eigenvalue weighted by atomic mass is 16.5. The zero-order valence-corrected chi connectivity index (χ0v) is 17.3. The van der Waals surface area contributed by atoms with Gasteiger partial charge in [0.1, 0.15) is 25.0 Å². The number of nitrogens with one attached hydrogen (secondary N) is 2. The van der Waals surface area contributed by atoms with E-state index in [2.05, 4.69) is 30.1 Å². The van der Waals surface area contributed by atoms with E-state index in [4.69, 9.17) is 9.72 Å². The predicted octanol–water partition coefficient (Wildman–Crippen LogP) is 0.786. The number of nitrogens with zero attached hydrogens (tertiary/aromatic N) is 1. The third kappa shape index (κ3) is 5.74. The van der Waals surface area contributed by atoms with E-state index >= 15 is 0 Å². The summed E-state index contributed by atoms with van der Waals surface area (Å²) >= 11 is 0. The zero-order chi connectivity index (χ0) is 20.3. The first-order chi connectivity index (χ1) is 13.2. The molecule has 1 aromatic heterocycles. The highest BCUT2D eigenvalue weighted by molar-refractivity contribution is 5.26. The van der Waals surface area contributed by atoms with Crippen molar-refractivity contribution in [3.05, 3.63) is 62.8 Å². The van der Waals surface area contributed by atoms with E-state index in [0.29, 0.717) is 26.1 Å². The van der Waals surface area contributed by atoms with Gasteiger partial charge in [-0.3, -0.25) is 4.79 Å². The molecule has 0 fully saturated rings. The lowest BCUT2D eigenvalue weighted by molar-refractivity contribution is -0.919. The fourth-order valence-corrected chi connectivity index (χ4v) is 3.63. The average Bonchev–Trinajstić information content (AvgIpc) is 2.60. The third-order valence-electron chi connectivity index (χ3n) is 4.98.